The highest BCUT2D eigenvalue weighted by atomic mass is 16.3. The van der Waals surface area contributed by atoms with E-state index in [1.165, 1.54) is 12.5 Å². The number of hydrogen-bond donors (Lipinski definition) is 2. The van der Waals surface area contributed by atoms with Crippen molar-refractivity contribution in [3.63, 3.8) is 0 Å². The molecule has 1 aliphatic heterocycles. The Kier molecular flexibility index (Phi) is 3.99. The molecule has 0 saturated carbocycles. The van der Waals surface area contributed by atoms with Gasteiger partial charge in [-0.15, -0.1) is 0 Å². The second-order valence-corrected chi connectivity index (χ2v) is 4.30. The number of rotatable bonds is 4. The molecule has 0 aliphatic carbocycles. The molecule has 2 heterocycles. The first-order chi connectivity index (χ1) is 8.66. The fourth-order valence-electron chi connectivity index (χ4n) is 1.91. The number of aliphatic hydroxyl groups excluding tert-OH is 1. The average Bonchev–Trinajstić information content (AvgIpc) is 2.99. The maximum atomic E-state index is 11.7. The third kappa shape index (κ3) is 3.10. The molecule has 6 nitrogen and oxygen atoms in total. The zero-order valence-corrected chi connectivity index (χ0v) is 9.96. The van der Waals surface area contributed by atoms with Crippen molar-refractivity contribution in [1.29, 1.82) is 0 Å². The standard InChI is InChI=1S/C12H16N2O4/c15-10-2-5-14(7-10)11(16)1-4-13-12(17)9-3-6-18-8-9/h3,6,8,10,15H,1-2,4-5,7H2,(H,13,17). The Morgan fingerprint density at radius 1 is 1.56 bits per heavy atom. The van der Waals surface area contributed by atoms with Gasteiger partial charge in [-0.05, 0) is 12.5 Å². The van der Waals surface area contributed by atoms with E-state index in [0.717, 1.165) is 0 Å². The summed E-state index contributed by atoms with van der Waals surface area (Å²) < 4.78 is 4.79. The predicted molar refractivity (Wildman–Crippen MR) is 62.9 cm³/mol. The Bertz CT molecular complexity index is 416. The molecule has 6 heteroatoms. The Morgan fingerprint density at radius 2 is 2.39 bits per heavy atom. The number of β-amino-alcohol motifs (C(OH)–C–C–N with tert-alkyl or cyclic N) is 1. The van der Waals surface area contributed by atoms with Crippen molar-refractivity contribution >= 4 is 11.8 Å². The van der Waals surface area contributed by atoms with Gasteiger partial charge in [0.25, 0.3) is 5.91 Å². The molecule has 0 spiro atoms. The molecule has 2 N–H and O–H groups in total. The van der Waals surface area contributed by atoms with Crippen molar-refractivity contribution in [3.05, 3.63) is 24.2 Å². The molecule has 1 fully saturated rings. The lowest BCUT2D eigenvalue weighted by Crippen LogP contribution is -2.33. The van der Waals surface area contributed by atoms with Crippen molar-refractivity contribution in [2.45, 2.75) is 18.9 Å². The summed E-state index contributed by atoms with van der Waals surface area (Å²) in [4.78, 5) is 24.8. The van der Waals surface area contributed by atoms with E-state index in [1.807, 2.05) is 0 Å². The van der Waals surface area contributed by atoms with Crippen molar-refractivity contribution in [2.75, 3.05) is 19.6 Å². The molecule has 98 valence electrons. The van der Waals surface area contributed by atoms with Crippen molar-refractivity contribution in [1.82, 2.24) is 10.2 Å². The van der Waals surface area contributed by atoms with Crippen LogP contribution in [0.5, 0.6) is 0 Å². The predicted octanol–water partition coefficient (Wildman–Crippen LogP) is -0.00730. The molecule has 18 heavy (non-hydrogen) atoms. The maximum Gasteiger partial charge on any atom is 0.254 e. The second-order valence-electron chi connectivity index (χ2n) is 4.30. The molecule has 1 aliphatic rings. The topological polar surface area (TPSA) is 82.8 Å². The van der Waals surface area contributed by atoms with Crippen LogP contribution in [-0.2, 0) is 4.79 Å². The number of aliphatic hydroxyl groups is 1. The van der Waals surface area contributed by atoms with Gasteiger partial charge in [-0.1, -0.05) is 0 Å². The minimum absolute atomic E-state index is 0.0426. The number of furan rings is 1. The van der Waals surface area contributed by atoms with Crippen molar-refractivity contribution < 1.29 is 19.1 Å². The van der Waals surface area contributed by atoms with Crippen LogP contribution in [0.15, 0.2) is 23.0 Å². The molecular weight excluding hydrogens is 236 g/mol. The summed E-state index contributed by atoms with van der Waals surface area (Å²) in [6.07, 6.45) is 3.25. The molecule has 0 radical (unpaired) electrons. The third-order valence-electron chi connectivity index (χ3n) is 2.92. The van der Waals surface area contributed by atoms with Crippen molar-refractivity contribution in [3.8, 4) is 0 Å². The molecule has 1 saturated heterocycles. The van der Waals surface area contributed by atoms with Gasteiger partial charge in [-0.2, -0.15) is 0 Å². The number of nitrogens with one attached hydrogen (secondary N) is 1. The molecule has 1 aromatic rings. The van der Waals surface area contributed by atoms with E-state index in [1.54, 1.807) is 11.0 Å². The maximum absolute atomic E-state index is 11.7. The zero-order chi connectivity index (χ0) is 13.0. The number of amides is 2. The molecular formula is C12H16N2O4. The lowest BCUT2D eigenvalue weighted by atomic mass is 10.3. The lowest BCUT2D eigenvalue weighted by molar-refractivity contribution is -0.130. The monoisotopic (exact) mass is 252 g/mol. The van der Waals surface area contributed by atoms with Crippen LogP contribution in [0.1, 0.15) is 23.2 Å². The molecule has 1 atom stereocenters. The molecule has 0 aromatic carbocycles. The molecule has 2 amide bonds. The largest absolute Gasteiger partial charge is 0.472 e. The number of carbonyl (C=O) groups is 2. The first-order valence-electron chi connectivity index (χ1n) is 5.93. The van der Waals surface area contributed by atoms with E-state index in [4.69, 9.17) is 4.42 Å². The van der Waals surface area contributed by atoms with E-state index >= 15 is 0 Å². The van der Waals surface area contributed by atoms with Crippen molar-refractivity contribution in [2.24, 2.45) is 0 Å². The minimum Gasteiger partial charge on any atom is -0.472 e. The van der Waals surface area contributed by atoms with Crippen LogP contribution in [0.2, 0.25) is 0 Å². The van der Waals surface area contributed by atoms with Gasteiger partial charge < -0.3 is 19.7 Å². The summed E-state index contributed by atoms with van der Waals surface area (Å²) in [5, 5.41) is 12.0. The van der Waals surface area contributed by atoms with Crippen LogP contribution in [0.4, 0.5) is 0 Å². The van der Waals surface area contributed by atoms with Crippen LogP contribution in [0.25, 0.3) is 0 Å². The van der Waals surface area contributed by atoms with Crippen LogP contribution in [-0.4, -0.2) is 47.6 Å². The summed E-state index contributed by atoms with van der Waals surface area (Å²) in [5.41, 5.74) is 0.444. The van der Waals surface area contributed by atoms with Gasteiger partial charge >= 0.3 is 0 Å². The first-order valence-corrected chi connectivity index (χ1v) is 5.93. The van der Waals surface area contributed by atoms with Gasteiger partial charge in [0.1, 0.15) is 6.26 Å². The van der Waals surface area contributed by atoms with Gasteiger partial charge in [-0.3, -0.25) is 9.59 Å². The minimum atomic E-state index is -0.408. The van der Waals surface area contributed by atoms with Gasteiger partial charge in [0.2, 0.25) is 5.91 Å². The molecule has 2 rings (SSSR count). The average molecular weight is 252 g/mol. The number of carbonyl (C=O) groups excluding carboxylic acids is 2. The quantitative estimate of drug-likeness (QED) is 0.789. The zero-order valence-electron chi connectivity index (χ0n) is 9.96. The van der Waals surface area contributed by atoms with Crippen LogP contribution in [0, 0.1) is 0 Å². The Balaban J connectivity index is 1.69. The smallest absolute Gasteiger partial charge is 0.254 e. The van der Waals surface area contributed by atoms with Gasteiger partial charge in [0.05, 0.1) is 17.9 Å². The van der Waals surface area contributed by atoms with Crippen LogP contribution >= 0.6 is 0 Å². The van der Waals surface area contributed by atoms with E-state index in [2.05, 4.69) is 5.32 Å². The lowest BCUT2D eigenvalue weighted by Gasteiger charge is -2.15. The van der Waals surface area contributed by atoms with Crippen LogP contribution in [0.3, 0.4) is 0 Å². The Labute approximate surface area is 105 Å². The van der Waals surface area contributed by atoms with E-state index in [0.29, 0.717) is 25.1 Å². The van der Waals surface area contributed by atoms with Crippen LogP contribution < -0.4 is 5.32 Å². The summed E-state index contributed by atoms with van der Waals surface area (Å²) in [6.45, 7) is 1.28. The summed E-state index contributed by atoms with van der Waals surface area (Å²) >= 11 is 0. The SMILES string of the molecule is O=C(NCCC(=O)N1CCC(O)C1)c1ccoc1. The molecule has 1 aromatic heterocycles. The van der Waals surface area contributed by atoms with Gasteiger partial charge in [0, 0.05) is 26.1 Å². The van der Waals surface area contributed by atoms with Gasteiger partial charge in [0.15, 0.2) is 0 Å². The third-order valence-corrected chi connectivity index (χ3v) is 2.92. The van der Waals surface area contributed by atoms with E-state index in [9.17, 15) is 14.7 Å². The molecule has 0 bridgehead atoms. The molecule has 1 unspecified atom stereocenters. The normalized spacial score (nSPS) is 18.9. The fourth-order valence-corrected chi connectivity index (χ4v) is 1.91. The first kappa shape index (κ1) is 12.6. The summed E-state index contributed by atoms with van der Waals surface area (Å²) in [5.74, 6) is -0.294. The van der Waals surface area contributed by atoms with E-state index in [-0.39, 0.29) is 24.8 Å². The Hall–Kier alpha value is -1.82. The van der Waals surface area contributed by atoms with Gasteiger partial charge in [-0.25, -0.2) is 0 Å². The van der Waals surface area contributed by atoms with E-state index < -0.39 is 6.10 Å². The highest BCUT2D eigenvalue weighted by Gasteiger charge is 2.23. The Morgan fingerprint density at radius 3 is 3.00 bits per heavy atom. The summed E-state index contributed by atoms with van der Waals surface area (Å²) in [6, 6.07) is 1.56. The highest BCUT2D eigenvalue weighted by molar-refractivity contribution is 5.94. The fraction of sp³-hybridized carbons (Fsp3) is 0.500. The number of nitrogens with zero attached hydrogens (tertiary/aromatic N) is 1. The second kappa shape index (κ2) is 5.68. The number of likely N-dealkylation sites (tertiary alicyclic amines) is 1. The number of hydrogen-bond acceptors (Lipinski definition) is 4. The highest BCUT2D eigenvalue weighted by Crippen LogP contribution is 2.09. The summed E-state index contributed by atoms with van der Waals surface area (Å²) in [7, 11) is 0.